The average molecular weight is 420 g/mol. The Bertz CT molecular complexity index is 674. The molecule has 0 N–H and O–H groups in total. The van der Waals surface area contributed by atoms with Crippen LogP contribution in [0.15, 0.2) is 24.3 Å². The van der Waals surface area contributed by atoms with Gasteiger partial charge in [-0.1, -0.05) is 17.3 Å². The predicted molar refractivity (Wildman–Crippen MR) is 90.8 cm³/mol. The molecular weight excluding hydrogens is 400 g/mol. The molecule has 6 nitrogen and oxygen atoms in total. The molecule has 1 aromatic carbocycles. The number of halogens is 3. The molecule has 0 spiro atoms. The Morgan fingerprint density at radius 2 is 1.92 bits per heavy atom. The van der Waals surface area contributed by atoms with E-state index in [4.69, 9.17) is 14.2 Å². The summed E-state index contributed by atoms with van der Waals surface area (Å²) >= 11 is 2.40. The molecule has 1 aromatic heterocycles. The summed E-state index contributed by atoms with van der Waals surface area (Å²) in [5.74, 6) is 0.687. The third-order valence-electron chi connectivity index (χ3n) is 3.42. The third-order valence-corrected chi connectivity index (χ3v) is 3.80. The van der Waals surface area contributed by atoms with Gasteiger partial charge in [0.25, 0.3) is 0 Å². The van der Waals surface area contributed by atoms with Gasteiger partial charge in [-0.2, -0.15) is 8.78 Å². The Balaban J connectivity index is 2.19. The first kappa shape index (κ1) is 19.7. The zero-order valence-electron chi connectivity index (χ0n) is 14.2. The molecule has 0 amide bonds. The largest absolute Gasteiger partial charge is 0.497 e. The van der Waals surface area contributed by atoms with Gasteiger partial charge in [0.2, 0.25) is 0 Å². The zero-order valence-corrected chi connectivity index (χ0v) is 15.8. The van der Waals surface area contributed by atoms with Crippen LogP contribution in [-0.2, 0) is 27.5 Å². The van der Waals surface area contributed by atoms with Crippen molar-refractivity contribution in [1.82, 2.24) is 15.0 Å². The summed E-state index contributed by atoms with van der Waals surface area (Å²) in [4.78, 5) is -3.28. The summed E-state index contributed by atoms with van der Waals surface area (Å²) in [6.07, 6.45) is -0.520. The number of methoxy groups -OCH3 is 1. The first-order valence-corrected chi connectivity index (χ1v) is 8.50. The van der Waals surface area contributed by atoms with Crippen molar-refractivity contribution < 1.29 is 23.0 Å². The van der Waals surface area contributed by atoms with Gasteiger partial charge in [-0.15, -0.1) is 5.10 Å². The lowest BCUT2D eigenvalue weighted by atomic mass is 10.2. The van der Waals surface area contributed by atoms with Crippen molar-refractivity contribution in [2.75, 3.05) is 13.7 Å². The predicted octanol–water partition coefficient (Wildman–Crippen LogP) is 3.68. The van der Waals surface area contributed by atoms with E-state index >= 15 is 0 Å². The summed E-state index contributed by atoms with van der Waals surface area (Å²) in [6, 6.07) is 7.08. The Labute approximate surface area is 153 Å². The highest BCUT2D eigenvalue weighted by molar-refractivity contribution is 9.09. The zero-order chi connectivity index (χ0) is 18.4. The monoisotopic (exact) mass is 419 g/mol. The second-order valence-electron chi connectivity index (χ2n) is 5.22. The lowest BCUT2D eigenvalue weighted by Gasteiger charge is -2.15. The minimum Gasteiger partial charge on any atom is -0.497 e. The van der Waals surface area contributed by atoms with E-state index in [-0.39, 0.29) is 24.5 Å². The molecular formula is C16H20BrF2N3O3. The molecule has 0 saturated carbocycles. The Hall–Kier alpha value is -1.58. The normalized spacial score (nSPS) is 13.0. The molecule has 1 heterocycles. The molecule has 0 bridgehead atoms. The molecule has 0 aliphatic carbocycles. The summed E-state index contributed by atoms with van der Waals surface area (Å²) in [6.45, 7) is 4.00. The van der Waals surface area contributed by atoms with Gasteiger partial charge in [-0.25, -0.2) is 4.68 Å². The molecule has 0 aliphatic heterocycles. The van der Waals surface area contributed by atoms with E-state index in [9.17, 15) is 8.78 Å². The minimum absolute atomic E-state index is 0.0574. The molecule has 138 valence electrons. The molecule has 25 heavy (non-hydrogen) atoms. The maximum absolute atomic E-state index is 14.0. The molecule has 0 fully saturated rings. The highest BCUT2D eigenvalue weighted by Crippen LogP contribution is 2.36. The number of ether oxygens (including phenoxy) is 3. The van der Waals surface area contributed by atoms with Gasteiger partial charge in [-0.05, 0) is 47.5 Å². The van der Waals surface area contributed by atoms with Crippen LogP contribution in [0.2, 0.25) is 0 Å². The summed E-state index contributed by atoms with van der Waals surface area (Å²) in [5, 5.41) is 7.69. The van der Waals surface area contributed by atoms with Crippen molar-refractivity contribution in [2.24, 2.45) is 0 Å². The highest BCUT2D eigenvalue weighted by atomic mass is 79.9. The molecule has 0 radical (unpaired) electrons. The topological polar surface area (TPSA) is 58.4 Å². The minimum atomic E-state index is -3.28. The number of aromatic nitrogens is 3. The van der Waals surface area contributed by atoms with Gasteiger partial charge in [0.15, 0.2) is 6.29 Å². The third kappa shape index (κ3) is 5.45. The average Bonchev–Trinajstić information content (AvgIpc) is 2.97. The number of hydrogen-bond acceptors (Lipinski definition) is 5. The Morgan fingerprint density at radius 3 is 2.48 bits per heavy atom. The standard InChI is InChI=1S/C16H20BrF2N3O3/c1-4-24-11(2)25-10-14-15(16(17,18)19)22(21-20-14)9-12-5-7-13(23-3)8-6-12/h5-8,11H,4,9-10H2,1-3H3. The molecule has 1 unspecified atom stereocenters. The number of alkyl halides is 3. The van der Waals surface area contributed by atoms with Crippen LogP contribution in [0.4, 0.5) is 8.78 Å². The van der Waals surface area contributed by atoms with E-state index in [0.717, 1.165) is 10.2 Å². The van der Waals surface area contributed by atoms with Crippen molar-refractivity contribution in [3.05, 3.63) is 41.2 Å². The van der Waals surface area contributed by atoms with Crippen LogP contribution >= 0.6 is 15.9 Å². The summed E-state index contributed by atoms with van der Waals surface area (Å²) < 4.78 is 44.9. The van der Waals surface area contributed by atoms with Gasteiger partial charge >= 0.3 is 4.83 Å². The van der Waals surface area contributed by atoms with Crippen LogP contribution in [0.1, 0.15) is 30.8 Å². The Morgan fingerprint density at radius 1 is 1.24 bits per heavy atom. The number of benzene rings is 1. The van der Waals surface area contributed by atoms with Crippen molar-refractivity contribution in [1.29, 1.82) is 0 Å². The summed E-state index contributed by atoms with van der Waals surface area (Å²) in [7, 11) is 1.56. The Kier molecular flexibility index (Phi) is 6.86. The van der Waals surface area contributed by atoms with Gasteiger partial charge in [-0.3, -0.25) is 0 Å². The van der Waals surface area contributed by atoms with Crippen LogP contribution in [-0.4, -0.2) is 35.0 Å². The smallest absolute Gasteiger partial charge is 0.344 e. The highest BCUT2D eigenvalue weighted by Gasteiger charge is 2.36. The van der Waals surface area contributed by atoms with E-state index < -0.39 is 11.1 Å². The molecule has 9 heteroatoms. The maximum atomic E-state index is 14.0. The molecule has 1 atom stereocenters. The lowest BCUT2D eigenvalue weighted by molar-refractivity contribution is -0.135. The van der Waals surface area contributed by atoms with E-state index in [1.807, 2.05) is 6.92 Å². The second kappa shape index (κ2) is 8.68. The van der Waals surface area contributed by atoms with Gasteiger partial charge in [0.1, 0.15) is 17.1 Å². The van der Waals surface area contributed by atoms with E-state index in [1.165, 1.54) is 0 Å². The van der Waals surface area contributed by atoms with Gasteiger partial charge in [0, 0.05) is 6.61 Å². The fourth-order valence-corrected chi connectivity index (χ4v) is 2.68. The van der Waals surface area contributed by atoms with E-state index in [0.29, 0.717) is 12.4 Å². The number of hydrogen-bond donors (Lipinski definition) is 0. The first-order chi connectivity index (χ1) is 11.8. The van der Waals surface area contributed by atoms with Gasteiger partial charge < -0.3 is 14.2 Å². The van der Waals surface area contributed by atoms with E-state index in [1.54, 1.807) is 38.3 Å². The van der Waals surface area contributed by atoms with Crippen LogP contribution in [0.3, 0.4) is 0 Å². The lowest BCUT2D eigenvalue weighted by Crippen LogP contribution is -2.18. The molecule has 0 saturated heterocycles. The van der Waals surface area contributed by atoms with Crippen LogP contribution in [0.25, 0.3) is 0 Å². The maximum Gasteiger partial charge on any atom is 0.344 e. The molecule has 0 aliphatic rings. The molecule has 2 aromatic rings. The fourth-order valence-electron chi connectivity index (χ4n) is 2.25. The second-order valence-corrected chi connectivity index (χ2v) is 6.22. The summed E-state index contributed by atoms with van der Waals surface area (Å²) in [5.41, 5.74) is 0.507. The fraction of sp³-hybridized carbons (Fsp3) is 0.500. The number of rotatable bonds is 9. The number of nitrogens with zero attached hydrogens (tertiary/aromatic N) is 3. The molecule has 2 rings (SSSR count). The SMILES string of the molecule is CCOC(C)OCc1nnn(Cc2ccc(OC)cc2)c1C(F)(F)Br. The van der Waals surface area contributed by atoms with Crippen molar-refractivity contribution in [3.63, 3.8) is 0 Å². The van der Waals surface area contributed by atoms with Gasteiger partial charge in [0.05, 0.1) is 20.3 Å². The first-order valence-electron chi connectivity index (χ1n) is 7.70. The van der Waals surface area contributed by atoms with E-state index in [2.05, 4.69) is 26.2 Å². The van der Waals surface area contributed by atoms with Crippen molar-refractivity contribution in [3.8, 4) is 5.75 Å². The van der Waals surface area contributed by atoms with Crippen LogP contribution in [0.5, 0.6) is 5.75 Å². The quantitative estimate of drug-likeness (QED) is 0.458. The van der Waals surface area contributed by atoms with Crippen molar-refractivity contribution >= 4 is 15.9 Å². The van der Waals surface area contributed by atoms with Crippen LogP contribution in [0, 0.1) is 0 Å². The van der Waals surface area contributed by atoms with Crippen molar-refractivity contribution in [2.45, 2.75) is 38.1 Å². The van der Waals surface area contributed by atoms with Crippen LogP contribution < -0.4 is 4.74 Å².